The van der Waals surface area contributed by atoms with Crippen LogP contribution in [-0.2, 0) is 4.74 Å². The Morgan fingerprint density at radius 2 is 2.17 bits per heavy atom. The summed E-state index contributed by atoms with van der Waals surface area (Å²) in [5, 5.41) is 14.7. The van der Waals surface area contributed by atoms with Crippen LogP contribution in [0.4, 0.5) is 13.2 Å². The average Bonchev–Trinajstić information content (AvgIpc) is 3.09. The first-order valence-corrected chi connectivity index (χ1v) is 7.85. The second-order valence-electron chi connectivity index (χ2n) is 5.72. The molecule has 0 aromatic carbocycles. The van der Waals surface area contributed by atoms with Crippen LogP contribution in [0.25, 0.3) is 5.52 Å². The van der Waals surface area contributed by atoms with E-state index in [1.807, 2.05) is 0 Å². The standard InChI is InChI=1S/C14H14F3N5OS/c1-14(2-3-14)21-24-7-4-8(15)9-5-20-13(22(9)6-7)12(19)23-11(18)10(16)17/h4-6,10,18-19,21H,2-3H2,1H3. The molecular formula is C14H14F3N5OS. The van der Waals surface area contributed by atoms with Crippen molar-refractivity contribution in [2.24, 2.45) is 0 Å². The van der Waals surface area contributed by atoms with Crippen molar-refractivity contribution in [2.45, 2.75) is 36.6 Å². The predicted octanol–water partition coefficient (Wildman–Crippen LogP) is 3.21. The Balaban J connectivity index is 1.87. The van der Waals surface area contributed by atoms with E-state index in [4.69, 9.17) is 10.8 Å². The number of nitrogens with zero attached hydrogens (tertiary/aromatic N) is 2. The molecular weight excluding hydrogens is 343 g/mol. The van der Waals surface area contributed by atoms with E-state index in [-0.39, 0.29) is 16.9 Å². The molecule has 2 aromatic heterocycles. The van der Waals surface area contributed by atoms with E-state index >= 15 is 0 Å². The fraction of sp³-hybridized carbons (Fsp3) is 0.357. The topological polar surface area (TPSA) is 86.3 Å². The Morgan fingerprint density at radius 3 is 2.79 bits per heavy atom. The SMILES string of the molecule is CC1(NSc2cc(F)c3cnc(C(=N)OC(=N)C(F)F)n3c2)CC1. The fourth-order valence-corrected chi connectivity index (χ4v) is 2.82. The number of fused-ring (bicyclic) bond motifs is 1. The van der Waals surface area contributed by atoms with Crippen LogP contribution in [0.3, 0.4) is 0 Å². The zero-order chi connectivity index (χ0) is 17.5. The number of ether oxygens (including phenoxy) is 1. The monoisotopic (exact) mass is 357 g/mol. The maximum absolute atomic E-state index is 14.2. The van der Waals surface area contributed by atoms with Crippen molar-refractivity contribution in [1.82, 2.24) is 14.1 Å². The van der Waals surface area contributed by atoms with Gasteiger partial charge in [-0.2, -0.15) is 8.78 Å². The Hall–Kier alpha value is -2.07. The van der Waals surface area contributed by atoms with Crippen LogP contribution in [0.1, 0.15) is 25.6 Å². The maximum Gasteiger partial charge on any atom is 0.312 e. The van der Waals surface area contributed by atoms with Gasteiger partial charge < -0.3 is 4.74 Å². The summed E-state index contributed by atoms with van der Waals surface area (Å²) in [7, 11) is 0. The molecule has 1 saturated carbocycles. The Morgan fingerprint density at radius 1 is 1.46 bits per heavy atom. The smallest absolute Gasteiger partial charge is 0.312 e. The van der Waals surface area contributed by atoms with Gasteiger partial charge in [-0.25, -0.2) is 9.37 Å². The summed E-state index contributed by atoms with van der Waals surface area (Å²) in [5.74, 6) is -2.82. The van der Waals surface area contributed by atoms with Crippen LogP contribution in [0.5, 0.6) is 0 Å². The fourth-order valence-electron chi connectivity index (χ4n) is 1.93. The normalized spacial score (nSPS) is 15.7. The van der Waals surface area contributed by atoms with Crippen molar-refractivity contribution in [3.8, 4) is 0 Å². The van der Waals surface area contributed by atoms with Crippen molar-refractivity contribution < 1.29 is 17.9 Å². The number of hydrogen-bond donors (Lipinski definition) is 3. The van der Waals surface area contributed by atoms with Gasteiger partial charge in [0.05, 0.1) is 6.20 Å². The van der Waals surface area contributed by atoms with Gasteiger partial charge in [-0.3, -0.25) is 19.9 Å². The van der Waals surface area contributed by atoms with Crippen molar-refractivity contribution in [1.29, 1.82) is 10.8 Å². The van der Waals surface area contributed by atoms with Gasteiger partial charge in [0.15, 0.2) is 0 Å². The number of alkyl halides is 2. The highest BCUT2D eigenvalue weighted by Crippen LogP contribution is 2.37. The summed E-state index contributed by atoms with van der Waals surface area (Å²) in [4.78, 5) is 4.38. The first-order chi connectivity index (χ1) is 11.3. The van der Waals surface area contributed by atoms with Gasteiger partial charge in [0.1, 0.15) is 11.3 Å². The molecule has 3 N–H and O–H groups in total. The Kier molecular flexibility index (Phi) is 4.26. The van der Waals surface area contributed by atoms with E-state index in [9.17, 15) is 13.2 Å². The summed E-state index contributed by atoms with van der Waals surface area (Å²) in [6.07, 6.45) is 1.65. The van der Waals surface area contributed by atoms with Gasteiger partial charge in [-0.15, -0.1) is 0 Å². The van der Waals surface area contributed by atoms with Crippen LogP contribution in [0, 0.1) is 16.6 Å². The zero-order valence-electron chi connectivity index (χ0n) is 12.6. The van der Waals surface area contributed by atoms with Gasteiger partial charge in [0, 0.05) is 16.6 Å². The van der Waals surface area contributed by atoms with Gasteiger partial charge in [0.2, 0.25) is 5.82 Å². The average molecular weight is 357 g/mol. The molecule has 1 fully saturated rings. The van der Waals surface area contributed by atoms with Crippen LogP contribution in [0.2, 0.25) is 0 Å². The van der Waals surface area contributed by atoms with Gasteiger partial charge >= 0.3 is 6.43 Å². The second-order valence-corrected chi connectivity index (χ2v) is 6.60. The van der Waals surface area contributed by atoms with Gasteiger partial charge in [0.25, 0.3) is 11.8 Å². The minimum absolute atomic E-state index is 0.0377. The number of hydrogen-bond acceptors (Lipinski definition) is 6. The molecule has 0 amide bonds. The maximum atomic E-state index is 14.2. The highest BCUT2D eigenvalue weighted by Gasteiger charge is 2.37. The van der Waals surface area contributed by atoms with Crippen LogP contribution >= 0.6 is 11.9 Å². The lowest BCUT2D eigenvalue weighted by molar-refractivity contribution is 0.197. The number of nitrogens with one attached hydrogen (secondary N) is 3. The molecule has 0 spiro atoms. The van der Waals surface area contributed by atoms with Crippen molar-refractivity contribution in [2.75, 3.05) is 0 Å². The molecule has 2 aromatic rings. The lowest BCUT2D eigenvalue weighted by Crippen LogP contribution is -2.21. The molecule has 0 aliphatic heterocycles. The second kappa shape index (κ2) is 6.10. The van der Waals surface area contributed by atoms with E-state index in [2.05, 4.69) is 21.4 Å². The minimum Gasteiger partial charge on any atom is -0.416 e. The van der Waals surface area contributed by atoms with Crippen molar-refractivity contribution in [3.63, 3.8) is 0 Å². The van der Waals surface area contributed by atoms with Crippen LogP contribution < -0.4 is 4.72 Å². The molecule has 0 saturated heterocycles. The molecule has 10 heteroatoms. The largest absolute Gasteiger partial charge is 0.416 e. The first-order valence-electron chi connectivity index (χ1n) is 7.03. The molecule has 1 aliphatic carbocycles. The third-order valence-corrected chi connectivity index (χ3v) is 4.65. The summed E-state index contributed by atoms with van der Waals surface area (Å²) < 4.78 is 47.8. The predicted molar refractivity (Wildman–Crippen MR) is 83.4 cm³/mol. The Labute approximate surface area is 139 Å². The zero-order valence-corrected chi connectivity index (χ0v) is 13.4. The molecule has 1 aliphatic rings. The third-order valence-electron chi connectivity index (χ3n) is 3.60. The highest BCUT2D eigenvalue weighted by atomic mass is 32.2. The molecule has 0 radical (unpaired) electrons. The third kappa shape index (κ3) is 3.39. The van der Waals surface area contributed by atoms with E-state index in [0.717, 1.165) is 12.8 Å². The molecule has 3 rings (SSSR count). The summed E-state index contributed by atoms with van der Waals surface area (Å²) in [6, 6.07) is 1.33. The number of imidazole rings is 1. The van der Waals surface area contributed by atoms with E-state index in [0.29, 0.717) is 4.90 Å². The van der Waals surface area contributed by atoms with Gasteiger partial charge in [-0.05, 0) is 37.8 Å². The van der Waals surface area contributed by atoms with Crippen LogP contribution in [0.15, 0.2) is 23.4 Å². The molecule has 128 valence electrons. The molecule has 0 atom stereocenters. The lowest BCUT2D eigenvalue weighted by Gasteiger charge is -2.11. The number of pyridine rings is 1. The first kappa shape index (κ1) is 16.8. The summed E-state index contributed by atoms with van der Waals surface area (Å²) >= 11 is 1.25. The molecule has 6 nitrogen and oxygen atoms in total. The molecule has 0 unspecified atom stereocenters. The molecule has 2 heterocycles. The quantitative estimate of drug-likeness (QED) is 0.436. The molecule has 24 heavy (non-hydrogen) atoms. The van der Waals surface area contributed by atoms with E-state index in [1.54, 1.807) is 0 Å². The summed E-state index contributed by atoms with van der Waals surface area (Å²) in [5.41, 5.74) is 0.125. The number of halogens is 3. The van der Waals surface area contributed by atoms with Crippen molar-refractivity contribution in [3.05, 3.63) is 30.1 Å². The lowest BCUT2D eigenvalue weighted by atomic mass is 10.4. The van der Waals surface area contributed by atoms with Crippen molar-refractivity contribution >= 4 is 29.3 Å². The van der Waals surface area contributed by atoms with Crippen LogP contribution in [-0.4, -0.2) is 33.1 Å². The van der Waals surface area contributed by atoms with E-state index < -0.39 is 24.0 Å². The number of aromatic nitrogens is 2. The minimum atomic E-state index is -3.14. The highest BCUT2D eigenvalue weighted by molar-refractivity contribution is 7.97. The number of rotatable bonds is 5. The van der Waals surface area contributed by atoms with E-state index in [1.165, 1.54) is 34.8 Å². The molecule has 0 bridgehead atoms. The van der Waals surface area contributed by atoms with Gasteiger partial charge in [-0.1, -0.05) is 0 Å². The Bertz CT molecular complexity index is 818. The summed E-state index contributed by atoms with van der Waals surface area (Å²) in [6.45, 7) is 2.05.